The largest absolute Gasteiger partial charge is 0.360 e. The third-order valence-corrected chi connectivity index (χ3v) is 4.18. The van der Waals surface area contributed by atoms with Crippen LogP contribution in [0, 0.1) is 5.82 Å². The highest BCUT2D eigenvalue weighted by Crippen LogP contribution is 2.31. The third-order valence-electron chi connectivity index (χ3n) is 3.35. The molecule has 0 saturated heterocycles. The van der Waals surface area contributed by atoms with Crippen molar-refractivity contribution in [1.29, 1.82) is 0 Å². The maximum absolute atomic E-state index is 13.4. The minimum atomic E-state index is -0.390. The molecule has 1 heterocycles. The number of fused-ring (bicyclic) bond motifs is 1. The standard InChI is InChI=1S/C16H15FN2S/c1-16(2,11-6-5-7-12(17)10-11)18-15-13-8-3-4-9-14(13)20-19-15/h3-10H,1-2H3,(H,18,19). The Morgan fingerprint density at radius 3 is 2.70 bits per heavy atom. The molecule has 0 fully saturated rings. The van der Waals surface area contributed by atoms with E-state index in [4.69, 9.17) is 0 Å². The number of hydrogen-bond donors (Lipinski definition) is 1. The van der Waals surface area contributed by atoms with Crippen LogP contribution in [0.2, 0.25) is 0 Å². The molecule has 0 aliphatic rings. The molecule has 2 aromatic carbocycles. The van der Waals surface area contributed by atoms with Crippen molar-refractivity contribution in [3.63, 3.8) is 0 Å². The Labute approximate surface area is 121 Å². The topological polar surface area (TPSA) is 24.9 Å². The maximum Gasteiger partial charge on any atom is 0.148 e. The fraction of sp³-hybridized carbons (Fsp3) is 0.188. The molecule has 0 aliphatic heterocycles. The molecule has 0 bridgehead atoms. The SMILES string of the molecule is CC(C)(Nc1nsc2ccccc12)c1cccc(F)c1. The van der Waals surface area contributed by atoms with Crippen molar-refractivity contribution in [3.8, 4) is 0 Å². The van der Waals surface area contributed by atoms with E-state index in [0.717, 1.165) is 21.5 Å². The highest BCUT2D eigenvalue weighted by molar-refractivity contribution is 7.13. The minimum Gasteiger partial charge on any atom is -0.360 e. The number of aromatic nitrogens is 1. The van der Waals surface area contributed by atoms with Crippen molar-refractivity contribution < 1.29 is 4.39 Å². The van der Waals surface area contributed by atoms with Gasteiger partial charge >= 0.3 is 0 Å². The summed E-state index contributed by atoms with van der Waals surface area (Å²) >= 11 is 1.47. The molecule has 0 saturated carbocycles. The van der Waals surface area contributed by atoms with Crippen molar-refractivity contribution >= 4 is 27.4 Å². The third kappa shape index (κ3) is 2.39. The maximum atomic E-state index is 13.4. The second kappa shape index (κ2) is 4.87. The zero-order valence-corrected chi connectivity index (χ0v) is 12.2. The van der Waals surface area contributed by atoms with Gasteiger partial charge in [0.15, 0.2) is 0 Å². The first kappa shape index (κ1) is 13.1. The van der Waals surface area contributed by atoms with Gasteiger partial charge in [-0.3, -0.25) is 0 Å². The Morgan fingerprint density at radius 2 is 1.90 bits per heavy atom. The van der Waals surface area contributed by atoms with Gasteiger partial charge in [-0.1, -0.05) is 24.3 Å². The summed E-state index contributed by atoms with van der Waals surface area (Å²) in [5.41, 5.74) is 0.508. The number of benzene rings is 2. The van der Waals surface area contributed by atoms with Crippen LogP contribution < -0.4 is 5.32 Å². The van der Waals surface area contributed by atoms with E-state index in [1.54, 1.807) is 12.1 Å². The lowest BCUT2D eigenvalue weighted by molar-refractivity contribution is 0.584. The van der Waals surface area contributed by atoms with Crippen LogP contribution in [0.1, 0.15) is 19.4 Å². The van der Waals surface area contributed by atoms with Gasteiger partial charge in [0.05, 0.1) is 10.2 Å². The Morgan fingerprint density at radius 1 is 1.10 bits per heavy atom. The Balaban J connectivity index is 1.97. The molecule has 0 amide bonds. The first-order valence-electron chi connectivity index (χ1n) is 6.45. The van der Waals surface area contributed by atoms with Crippen LogP contribution in [-0.4, -0.2) is 4.37 Å². The molecule has 4 heteroatoms. The predicted molar refractivity (Wildman–Crippen MR) is 82.7 cm³/mol. The quantitative estimate of drug-likeness (QED) is 0.749. The summed E-state index contributed by atoms with van der Waals surface area (Å²) in [6.07, 6.45) is 0. The van der Waals surface area contributed by atoms with Crippen LogP contribution in [0.5, 0.6) is 0 Å². The first-order chi connectivity index (χ1) is 9.56. The molecule has 20 heavy (non-hydrogen) atoms. The average molecular weight is 286 g/mol. The van der Waals surface area contributed by atoms with Gasteiger partial charge in [-0.05, 0) is 55.2 Å². The fourth-order valence-electron chi connectivity index (χ4n) is 2.22. The molecule has 2 nitrogen and oxygen atoms in total. The molecule has 3 rings (SSSR count). The number of nitrogens with zero attached hydrogens (tertiary/aromatic N) is 1. The fourth-order valence-corrected chi connectivity index (χ4v) is 2.96. The lowest BCUT2D eigenvalue weighted by Crippen LogP contribution is -2.28. The average Bonchev–Trinajstić information content (AvgIpc) is 2.82. The smallest absolute Gasteiger partial charge is 0.148 e. The van der Waals surface area contributed by atoms with Gasteiger partial charge in [0, 0.05) is 5.39 Å². The minimum absolute atomic E-state index is 0.222. The van der Waals surface area contributed by atoms with E-state index in [2.05, 4.69) is 9.69 Å². The van der Waals surface area contributed by atoms with Gasteiger partial charge in [-0.2, -0.15) is 4.37 Å². The molecular formula is C16H15FN2S. The van der Waals surface area contributed by atoms with Crippen LogP contribution in [0.3, 0.4) is 0 Å². The summed E-state index contributed by atoms with van der Waals surface area (Å²) in [7, 11) is 0. The van der Waals surface area contributed by atoms with Crippen LogP contribution >= 0.6 is 11.5 Å². The molecule has 0 spiro atoms. The van der Waals surface area contributed by atoms with E-state index >= 15 is 0 Å². The van der Waals surface area contributed by atoms with Crippen LogP contribution in [0.25, 0.3) is 10.1 Å². The normalized spacial score (nSPS) is 11.8. The van der Waals surface area contributed by atoms with E-state index in [1.165, 1.54) is 17.6 Å². The van der Waals surface area contributed by atoms with Gasteiger partial charge in [0.25, 0.3) is 0 Å². The van der Waals surface area contributed by atoms with Crippen LogP contribution in [0.15, 0.2) is 48.5 Å². The molecule has 0 unspecified atom stereocenters. The van der Waals surface area contributed by atoms with Gasteiger partial charge in [-0.15, -0.1) is 0 Å². The highest BCUT2D eigenvalue weighted by Gasteiger charge is 2.22. The number of rotatable bonds is 3. The summed E-state index contributed by atoms with van der Waals surface area (Å²) in [6, 6.07) is 14.8. The van der Waals surface area contributed by atoms with E-state index in [0.29, 0.717) is 0 Å². The number of hydrogen-bond acceptors (Lipinski definition) is 3. The summed E-state index contributed by atoms with van der Waals surface area (Å²) < 4.78 is 19.0. The Hall–Kier alpha value is -1.94. The molecule has 0 radical (unpaired) electrons. The molecule has 1 N–H and O–H groups in total. The van der Waals surface area contributed by atoms with Gasteiger partial charge < -0.3 is 5.32 Å². The van der Waals surface area contributed by atoms with Crippen molar-refractivity contribution in [2.24, 2.45) is 0 Å². The molecular weight excluding hydrogens is 271 g/mol. The highest BCUT2D eigenvalue weighted by atomic mass is 32.1. The van der Waals surface area contributed by atoms with E-state index in [-0.39, 0.29) is 11.4 Å². The second-order valence-corrected chi connectivity index (χ2v) is 6.09. The number of nitrogens with one attached hydrogen (secondary N) is 1. The molecule has 0 aliphatic carbocycles. The van der Waals surface area contributed by atoms with Crippen molar-refractivity contribution in [2.45, 2.75) is 19.4 Å². The van der Waals surface area contributed by atoms with Gasteiger partial charge in [-0.25, -0.2) is 4.39 Å². The van der Waals surface area contributed by atoms with E-state index < -0.39 is 0 Å². The molecule has 0 atom stereocenters. The lowest BCUT2D eigenvalue weighted by atomic mass is 9.94. The van der Waals surface area contributed by atoms with Crippen LogP contribution in [-0.2, 0) is 5.54 Å². The summed E-state index contributed by atoms with van der Waals surface area (Å²) in [6.45, 7) is 4.05. The van der Waals surface area contributed by atoms with Gasteiger partial charge in [0.2, 0.25) is 0 Å². The second-order valence-electron chi connectivity index (χ2n) is 5.29. The number of anilines is 1. The zero-order chi connectivity index (χ0) is 14.2. The Bertz CT molecular complexity index is 749. The van der Waals surface area contributed by atoms with Crippen molar-refractivity contribution in [1.82, 2.24) is 4.37 Å². The van der Waals surface area contributed by atoms with Gasteiger partial charge in [0.1, 0.15) is 11.6 Å². The monoisotopic (exact) mass is 286 g/mol. The van der Waals surface area contributed by atoms with E-state index in [9.17, 15) is 4.39 Å². The summed E-state index contributed by atoms with van der Waals surface area (Å²) in [4.78, 5) is 0. The van der Waals surface area contributed by atoms with Crippen molar-refractivity contribution in [2.75, 3.05) is 5.32 Å². The molecule has 3 aromatic rings. The zero-order valence-electron chi connectivity index (χ0n) is 11.4. The van der Waals surface area contributed by atoms with Crippen molar-refractivity contribution in [3.05, 3.63) is 59.9 Å². The number of halogens is 1. The van der Waals surface area contributed by atoms with Crippen LogP contribution in [0.4, 0.5) is 10.2 Å². The molecule has 102 valence electrons. The predicted octanol–water partition coefficient (Wildman–Crippen LogP) is 4.78. The molecule has 1 aromatic heterocycles. The first-order valence-corrected chi connectivity index (χ1v) is 7.22. The lowest BCUT2D eigenvalue weighted by Gasteiger charge is -2.27. The van der Waals surface area contributed by atoms with E-state index in [1.807, 2.05) is 44.2 Å². The Kier molecular flexibility index (Phi) is 3.18. The summed E-state index contributed by atoms with van der Waals surface area (Å²) in [5.74, 6) is 0.625. The summed E-state index contributed by atoms with van der Waals surface area (Å²) in [5, 5.41) is 4.52.